The van der Waals surface area contributed by atoms with Gasteiger partial charge in [0, 0.05) is 6.20 Å². The molecule has 21 heavy (non-hydrogen) atoms. The first-order chi connectivity index (χ1) is 10.3. The molecule has 3 heteroatoms. The Morgan fingerprint density at radius 2 is 2.33 bits per heavy atom. The number of hydrogen-bond donors (Lipinski definition) is 1. The third-order valence-electron chi connectivity index (χ3n) is 4.20. The Morgan fingerprint density at radius 1 is 1.48 bits per heavy atom. The minimum atomic E-state index is -0.0491. The third kappa shape index (κ3) is 4.01. The van der Waals surface area contributed by atoms with Crippen LogP contribution < -0.4 is 5.32 Å². The second-order valence-corrected chi connectivity index (χ2v) is 5.76. The van der Waals surface area contributed by atoms with E-state index in [1.54, 1.807) is 6.20 Å². The maximum absolute atomic E-state index is 12.7. The van der Waals surface area contributed by atoms with Crippen LogP contribution in [0.3, 0.4) is 0 Å². The van der Waals surface area contributed by atoms with Crippen molar-refractivity contribution in [1.82, 2.24) is 10.3 Å². The Balaban J connectivity index is 2.18. The summed E-state index contributed by atoms with van der Waals surface area (Å²) in [6.07, 6.45) is 11.3. The van der Waals surface area contributed by atoms with E-state index < -0.39 is 0 Å². The summed E-state index contributed by atoms with van der Waals surface area (Å²) in [6, 6.07) is 1.91. The van der Waals surface area contributed by atoms with Gasteiger partial charge in [0.2, 0.25) is 0 Å². The predicted molar refractivity (Wildman–Crippen MR) is 87.5 cm³/mol. The van der Waals surface area contributed by atoms with Gasteiger partial charge in [-0.05, 0) is 49.4 Å². The average molecular weight is 286 g/mol. The highest BCUT2D eigenvalue weighted by Crippen LogP contribution is 2.21. The molecule has 1 saturated heterocycles. The van der Waals surface area contributed by atoms with Crippen LogP contribution in [0.5, 0.6) is 0 Å². The van der Waals surface area contributed by atoms with Crippen LogP contribution in [0.2, 0.25) is 0 Å². The number of nitrogens with zero attached hydrogens (tertiary/aromatic N) is 1. The SMILES string of the molecule is C=Cc1ccnc(C(=O)C2CCCN2)c1CCCCCC. The van der Waals surface area contributed by atoms with Gasteiger partial charge in [-0.15, -0.1) is 0 Å². The molecule has 0 aromatic carbocycles. The minimum Gasteiger partial charge on any atom is -0.307 e. The molecule has 0 aliphatic carbocycles. The van der Waals surface area contributed by atoms with Crippen LogP contribution in [0, 0.1) is 0 Å². The molecule has 1 aromatic heterocycles. The van der Waals surface area contributed by atoms with Crippen molar-refractivity contribution in [3.63, 3.8) is 0 Å². The van der Waals surface area contributed by atoms with Gasteiger partial charge in [0.1, 0.15) is 5.69 Å². The number of ketones is 1. The number of unbranched alkanes of at least 4 members (excludes halogenated alkanes) is 3. The molecule has 1 aliphatic heterocycles. The van der Waals surface area contributed by atoms with E-state index in [-0.39, 0.29) is 11.8 Å². The second-order valence-electron chi connectivity index (χ2n) is 5.76. The van der Waals surface area contributed by atoms with E-state index in [1.807, 2.05) is 12.1 Å². The number of carbonyl (C=O) groups excluding carboxylic acids is 1. The standard InChI is InChI=1S/C18H26N2O/c1-3-5-6-7-9-15-14(4-2)11-13-20-17(15)18(21)16-10-8-12-19-16/h4,11,13,16,19H,2-3,5-10,12H2,1H3. The fourth-order valence-corrected chi connectivity index (χ4v) is 2.98. The average Bonchev–Trinajstić information content (AvgIpc) is 3.05. The molecular weight excluding hydrogens is 260 g/mol. The van der Waals surface area contributed by atoms with Crippen LogP contribution in [0.25, 0.3) is 6.08 Å². The van der Waals surface area contributed by atoms with Crippen molar-refractivity contribution in [2.45, 2.75) is 57.9 Å². The largest absolute Gasteiger partial charge is 0.307 e. The van der Waals surface area contributed by atoms with E-state index in [0.717, 1.165) is 43.4 Å². The molecular formula is C18H26N2O. The molecule has 0 radical (unpaired) electrons. The lowest BCUT2D eigenvalue weighted by molar-refractivity contribution is 0.0946. The van der Waals surface area contributed by atoms with E-state index in [4.69, 9.17) is 0 Å². The quantitative estimate of drug-likeness (QED) is 0.584. The van der Waals surface area contributed by atoms with Crippen molar-refractivity contribution in [2.75, 3.05) is 6.54 Å². The molecule has 1 unspecified atom stereocenters. The molecule has 1 N–H and O–H groups in total. The minimum absolute atomic E-state index is 0.0491. The molecule has 0 spiro atoms. The van der Waals surface area contributed by atoms with E-state index in [9.17, 15) is 4.79 Å². The van der Waals surface area contributed by atoms with Crippen LogP contribution >= 0.6 is 0 Å². The summed E-state index contributed by atoms with van der Waals surface area (Å²) in [7, 11) is 0. The maximum atomic E-state index is 12.7. The van der Waals surface area contributed by atoms with Crippen molar-refractivity contribution >= 4 is 11.9 Å². The normalized spacial score (nSPS) is 17.9. The Morgan fingerprint density at radius 3 is 3.00 bits per heavy atom. The second kappa shape index (κ2) is 8.08. The molecule has 0 saturated carbocycles. The van der Waals surface area contributed by atoms with Gasteiger partial charge >= 0.3 is 0 Å². The van der Waals surface area contributed by atoms with E-state index >= 15 is 0 Å². The molecule has 1 fully saturated rings. The zero-order valence-corrected chi connectivity index (χ0v) is 13.0. The summed E-state index contributed by atoms with van der Waals surface area (Å²) >= 11 is 0. The Labute approximate surface area is 127 Å². The van der Waals surface area contributed by atoms with Crippen molar-refractivity contribution < 1.29 is 4.79 Å². The van der Waals surface area contributed by atoms with Gasteiger partial charge in [-0.1, -0.05) is 38.8 Å². The number of rotatable bonds is 8. The fraction of sp³-hybridized carbons (Fsp3) is 0.556. The lowest BCUT2D eigenvalue weighted by Crippen LogP contribution is -2.32. The van der Waals surface area contributed by atoms with Gasteiger partial charge in [0.15, 0.2) is 5.78 Å². The van der Waals surface area contributed by atoms with E-state index in [2.05, 4.69) is 23.8 Å². The summed E-state index contributed by atoms with van der Waals surface area (Å²) in [5.41, 5.74) is 2.80. The zero-order valence-electron chi connectivity index (χ0n) is 13.0. The summed E-state index contributed by atoms with van der Waals surface area (Å²) in [4.78, 5) is 17.1. The van der Waals surface area contributed by atoms with Gasteiger partial charge in [0.05, 0.1) is 6.04 Å². The lowest BCUT2D eigenvalue weighted by atomic mass is 9.95. The summed E-state index contributed by atoms with van der Waals surface area (Å²) < 4.78 is 0. The van der Waals surface area contributed by atoms with Crippen molar-refractivity contribution in [3.8, 4) is 0 Å². The monoisotopic (exact) mass is 286 g/mol. The summed E-state index contributed by atoms with van der Waals surface area (Å²) in [5.74, 6) is 0.154. The van der Waals surface area contributed by atoms with Gasteiger partial charge in [0.25, 0.3) is 0 Å². The summed E-state index contributed by atoms with van der Waals surface area (Å²) in [5, 5.41) is 3.28. The Bertz CT molecular complexity index is 490. The smallest absolute Gasteiger partial charge is 0.198 e. The molecule has 0 amide bonds. The fourth-order valence-electron chi connectivity index (χ4n) is 2.98. The number of carbonyl (C=O) groups is 1. The number of Topliss-reactive ketones (excluding diaryl/α,β-unsaturated/α-hetero) is 1. The number of aromatic nitrogens is 1. The number of nitrogens with one attached hydrogen (secondary N) is 1. The van der Waals surface area contributed by atoms with Crippen LogP contribution in [0.15, 0.2) is 18.8 Å². The van der Waals surface area contributed by atoms with Gasteiger partial charge in [-0.2, -0.15) is 0 Å². The predicted octanol–water partition coefficient (Wildman–Crippen LogP) is 3.78. The molecule has 1 aromatic rings. The van der Waals surface area contributed by atoms with Gasteiger partial charge < -0.3 is 5.32 Å². The highest BCUT2D eigenvalue weighted by molar-refractivity contribution is 6.00. The van der Waals surface area contributed by atoms with Gasteiger partial charge in [-0.3, -0.25) is 9.78 Å². The van der Waals surface area contributed by atoms with Crippen LogP contribution in [0.4, 0.5) is 0 Å². The number of hydrogen-bond acceptors (Lipinski definition) is 3. The van der Waals surface area contributed by atoms with Crippen molar-refractivity contribution in [3.05, 3.63) is 35.7 Å². The first-order valence-electron chi connectivity index (χ1n) is 8.15. The lowest BCUT2D eigenvalue weighted by Gasteiger charge is -2.14. The van der Waals surface area contributed by atoms with E-state index in [1.165, 1.54) is 19.3 Å². The molecule has 114 valence electrons. The van der Waals surface area contributed by atoms with Crippen LogP contribution in [0.1, 0.15) is 67.1 Å². The van der Waals surface area contributed by atoms with Crippen molar-refractivity contribution in [2.24, 2.45) is 0 Å². The van der Waals surface area contributed by atoms with Crippen LogP contribution in [-0.4, -0.2) is 23.4 Å². The molecule has 1 aliphatic rings. The Kier molecular flexibility index (Phi) is 6.12. The molecule has 0 bridgehead atoms. The number of pyridine rings is 1. The highest BCUT2D eigenvalue weighted by atomic mass is 16.1. The van der Waals surface area contributed by atoms with Crippen molar-refractivity contribution in [1.29, 1.82) is 0 Å². The van der Waals surface area contributed by atoms with Crippen LogP contribution in [-0.2, 0) is 6.42 Å². The summed E-state index contributed by atoms with van der Waals surface area (Å²) in [6.45, 7) is 7.02. The maximum Gasteiger partial charge on any atom is 0.198 e. The van der Waals surface area contributed by atoms with Gasteiger partial charge in [-0.25, -0.2) is 0 Å². The van der Waals surface area contributed by atoms with E-state index in [0.29, 0.717) is 5.69 Å². The molecule has 3 nitrogen and oxygen atoms in total. The topological polar surface area (TPSA) is 42.0 Å². The first-order valence-corrected chi connectivity index (χ1v) is 8.15. The Hall–Kier alpha value is -1.48. The molecule has 2 rings (SSSR count). The zero-order chi connectivity index (χ0) is 15.1. The highest BCUT2D eigenvalue weighted by Gasteiger charge is 2.26. The first kappa shape index (κ1) is 15.9. The molecule has 2 heterocycles. The molecule has 1 atom stereocenters. The third-order valence-corrected chi connectivity index (χ3v) is 4.20.